The van der Waals surface area contributed by atoms with Crippen LogP contribution in [0.5, 0.6) is 0 Å². The number of hydrogen-bond donors (Lipinski definition) is 5. The molecule has 1 aliphatic heterocycles. The standard InChI is InChI=1S/C21H35BN2O5/c1-17-5-7-18(8-6-17)21(27)11-15-24(16-12-21)14-4-10-20(23,19(25)26)9-2-3-13-22(28)29/h5-8,27-29H,2-4,9-16,23H2,1H3,(H,25,26). The second-order valence-electron chi connectivity index (χ2n) is 8.53. The van der Waals surface area contributed by atoms with Gasteiger partial charge in [-0.3, -0.25) is 4.79 Å². The lowest BCUT2D eigenvalue weighted by Crippen LogP contribution is -2.49. The molecule has 1 aromatic carbocycles. The fourth-order valence-electron chi connectivity index (χ4n) is 4.02. The fraction of sp³-hybridized carbons (Fsp3) is 0.667. The lowest BCUT2D eigenvalue weighted by atomic mass is 9.81. The summed E-state index contributed by atoms with van der Waals surface area (Å²) >= 11 is 0. The lowest BCUT2D eigenvalue weighted by Gasteiger charge is -2.39. The quantitative estimate of drug-likeness (QED) is 0.278. The maximum Gasteiger partial charge on any atom is 0.451 e. The second kappa shape index (κ2) is 10.5. The van der Waals surface area contributed by atoms with Gasteiger partial charge in [0.05, 0.1) is 5.60 Å². The first-order chi connectivity index (χ1) is 13.6. The summed E-state index contributed by atoms with van der Waals surface area (Å²) < 4.78 is 0. The van der Waals surface area contributed by atoms with Gasteiger partial charge in [0.25, 0.3) is 0 Å². The Kier molecular flexibility index (Phi) is 8.66. The predicted octanol–water partition coefficient (Wildman–Crippen LogP) is 1.48. The van der Waals surface area contributed by atoms with Gasteiger partial charge in [-0.15, -0.1) is 0 Å². The molecule has 1 aliphatic rings. The zero-order valence-corrected chi connectivity index (χ0v) is 17.4. The highest BCUT2D eigenvalue weighted by Crippen LogP contribution is 2.33. The summed E-state index contributed by atoms with van der Waals surface area (Å²) in [6, 6.07) is 8.04. The largest absolute Gasteiger partial charge is 0.480 e. The molecule has 0 spiro atoms. The van der Waals surface area contributed by atoms with Crippen LogP contribution in [0.2, 0.25) is 6.32 Å². The van der Waals surface area contributed by atoms with Crippen molar-refractivity contribution < 1.29 is 25.1 Å². The van der Waals surface area contributed by atoms with Gasteiger partial charge >= 0.3 is 13.1 Å². The molecule has 162 valence electrons. The molecule has 0 radical (unpaired) electrons. The van der Waals surface area contributed by atoms with Crippen molar-refractivity contribution in [2.24, 2.45) is 5.73 Å². The number of carboxylic acid groups (broad SMARTS) is 1. The van der Waals surface area contributed by atoms with Gasteiger partial charge in [0.1, 0.15) is 5.54 Å². The van der Waals surface area contributed by atoms with E-state index in [1.807, 2.05) is 31.2 Å². The number of rotatable bonds is 11. The van der Waals surface area contributed by atoms with Gasteiger partial charge in [-0.05, 0) is 57.5 Å². The number of nitrogens with zero attached hydrogens (tertiary/aromatic N) is 1. The van der Waals surface area contributed by atoms with Crippen LogP contribution in [-0.4, -0.2) is 63.4 Å². The van der Waals surface area contributed by atoms with Crippen molar-refractivity contribution in [1.29, 1.82) is 0 Å². The molecular formula is C21H35BN2O5. The number of likely N-dealkylation sites (tertiary alicyclic amines) is 1. The fourth-order valence-corrected chi connectivity index (χ4v) is 4.02. The Bertz CT molecular complexity index is 647. The monoisotopic (exact) mass is 406 g/mol. The van der Waals surface area contributed by atoms with Crippen LogP contribution < -0.4 is 5.73 Å². The first-order valence-electron chi connectivity index (χ1n) is 10.5. The SMILES string of the molecule is Cc1ccc(C2(O)CCN(CCCC(N)(CCCCB(O)O)C(=O)O)CC2)cc1. The maximum absolute atomic E-state index is 11.6. The van der Waals surface area contributed by atoms with E-state index in [9.17, 15) is 15.0 Å². The zero-order valence-electron chi connectivity index (χ0n) is 17.4. The number of aliphatic carboxylic acids is 1. The number of unbranched alkanes of at least 4 members (excludes halogenated alkanes) is 1. The minimum atomic E-state index is -1.36. The Morgan fingerprint density at radius 2 is 1.72 bits per heavy atom. The predicted molar refractivity (Wildman–Crippen MR) is 113 cm³/mol. The molecule has 8 heteroatoms. The Labute approximate surface area is 173 Å². The average molecular weight is 406 g/mol. The lowest BCUT2D eigenvalue weighted by molar-refractivity contribution is -0.144. The second-order valence-corrected chi connectivity index (χ2v) is 8.53. The topological polar surface area (TPSA) is 127 Å². The van der Waals surface area contributed by atoms with E-state index >= 15 is 0 Å². The van der Waals surface area contributed by atoms with Crippen LogP contribution in [0.1, 0.15) is 56.1 Å². The van der Waals surface area contributed by atoms with Crippen molar-refractivity contribution in [2.75, 3.05) is 19.6 Å². The summed E-state index contributed by atoms with van der Waals surface area (Å²) in [6.07, 6.45) is 4.01. The molecule has 1 saturated heterocycles. The highest BCUT2D eigenvalue weighted by molar-refractivity contribution is 6.40. The van der Waals surface area contributed by atoms with E-state index in [2.05, 4.69) is 4.90 Å². The molecule has 29 heavy (non-hydrogen) atoms. The van der Waals surface area contributed by atoms with Gasteiger partial charge in [0.2, 0.25) is 0 Å². The number of aryl methyl sites for hydroxylation is 1. The number of nitrogens with two attached hydrogens (primary N) is 1. The van der Waals surface area contributed by atoms with Crippen molar-refractivity contribution in [3.63, 3.8) is 0 Å². The average Bonchev–Trinajstić information content (AvgIpc) is 2.67. The summed E-state index contributed by atoms with van der Waals surface area (Å²) in [6.45, 7) is 4.32. The first kappa shape index (κ1) is 23.8. The zero-order chi connectivity index (χ0) is 21.5. The Morgan fingerprint density at radius 3 is 2.28 bits per heavy atom. The molecule has 1 atom stereocenters. The van der Waals surface area contributed by atoms with Gasteiger partial charge < -0.3 is 30.9 Å². The number of carbonyl (C=O) groups is 1. The summed E-state index contributed by atoms with van der Waals surface area (Å²) in [5.41, 5.74) is 6.18. The molecule has 6 N–H and O–H groups in total. The third-order valence-corrected chi connectivity index (χ3v) is 6.13. The van der Waals surface area contributed by atoms with Gasteiger partial charge in [-0.25, -0.2) is 0 Å². The smallest absolute Gasteiger partial charge is 0.451 e. The molecule has 0 aromatic heterocycles. The summed E-state index contributed by atoms with van der Waals surface area (Å²) in [7, 11) is -1.36. The normalized spacial score (nSPS) is 18.9. The molecule has 1 unspecified atom stereocenters. The van der Waals surface area contributed by atoms with Crippen LogP contribution in [0.25, 0.3) is 0 Å². The van der Waals surface area contributed by atoms with Crippen molar-refractivity contribution in [2.45, 2.75) is 69.3 Å². The Morgan fingerprint density at radius 1 is 1.14 bits per heavy atom. The molecule has 1 heterocycles. The van der Waals surface area contributed by atoms with E-state index in [0.717, 1.165) is 25.2 Å². The Balaban J connectivity index is 1.77. The van der Waals surface area contributed by atoms with E-state index in [-0.39, 0.29) is 6.32 Å². The van der Waals surface area contributed by atoms with E-state index < -0.39 is 24.2 Å². The summed E-state index contributed by atoms with van der Waals surface area (Å²) in [5.74, 6) is -1.01. The summed E-state index contributed by atoms with van der Waals surface area (Å²) in [4.78, 5) is 13.9. The van der Waals surface area contributed by atoms with Crippen LogP contribution in [0, 0.1) is 6.92 Å². The van der Waals surface area contributed by atoms with E-state index in [1.165, 1.54) is 5.56 Å². The minimum Gasteiger partial charge on any atom is -0.480 e. The van der Waals surface area contributed by atoms with Crippen molar-refractivity contribution >= 4 is 13.1 Å². The molecule has 1 aromatic rings. The minimum absolute atomic E-state index is 0.230. The Hall–Kier alpha value is -1.45. The van der Waals surface area contributed by atoms with Crippen LogP contribution in [0.15, 0.2) is 24.3 Å². The number of benzene rings is 1. The molecule has 7 nitrogen and oxygen atoms in total. The van der Waals surface area contributed by atoms with Crippen molar-refractivity contribution in [1.82, 2.24) is 4.90 Å². The van der Waals surface area contributed by atoms with E-state index in [1.54, 1.807) is 0 Å². The van der Waals surface area contributed by atoms with Gasteiger partial charge in [-0.2, -0.15) is 0 Å². The number of carboxylic acids is 1. The van der Waals surface area contributed by atoms with Crippen molar-refractivity contribution in [3.8, 4) is 0 Å². The highest BCUT2D eigenvalue weighted by atomic mass is 16.4. The molecule has 2 rings (SSSR count). The van der Waals surface area contributed by atoms with Crippen LogP contribution in [0.3, 0.4) is 0 Å². The van der Waals surface area contributed by atoms with E-state index in [0.29, 0.717) is 44.9 Å². The number of hydrogen-bond acceptors (Lipinski definition) is 6. The van der Waals surface area contributed by atoms with Gasteiger partial charge in [0, 0.05) is 13.1 Å². The number of aliphatic hydroxyl groups is 1. The third-order valence-electron chi connectivity index (χ3n) is 6.13. The molecule has 0 aliphatic carbocycles. The van der Waals surface area contributed by atoms with Gasteiger partial charge in [0.15, 0.2) is 0 Å². The molecule has 1 fully saturated rings. The van der Waals surface area contributed by atoms with Crippen molar-refractivity contribution in [3.05, 3.63) is 35.4 Å². The van der Waals surface area contributed by atoms with Crippen LogP contribution >= 0.6 is 0 Å². The molecule has 0 amide bonds. The summed E-state index contributed by atoms with van der Waals surface area (Å²) in [5, 5.41) is 38.3. The van der Waals surface area contributed by atoms with Gasteiger partial charge in [-0.1, -0.05) is 42.7 Å². The van der Waals surface area contributed by atoms with Crippen LogP contribution in [-0.2, 0) is 10.4 Å². The van der Waals surface area contributed by atoms with E-state index in [4.69, 9.17) is 15.8 Å². The first-order valence-corrected chi connectivity index (χ1v) is 10.5. The molecular weight excluding hydrogens is 371 g/mol. The maximum atomic E-state index is 11.6. The number of piperidine rings is 1. The third kappa shape index (κ3) is 7.08. The van der Waals surface area contributed by atoms with Crippen LogP contribution in [0.4, 0.5) is 0 Å². The molecule has 0 bridgehead atoms. The molecule has 0 saturated carbocycles. The highest BCUT2D eigenvalue weighted by Gasteiger charge is 2.35.